The maximum absolute atomic E-state index is 13.3. The molecule has 1 N–H and O–H groups in total. The lowest BCUT2D eigenvalue weighted by atomic mass is 9.91. The van der Waals surface area contributed by atoms with Crippen molar-refractivity contribution in [3.8, 4) is 0 Å². The molecule has 2 unspecified atom stereocenters. The molecule has 0 aromatic rings. The van der Waals surface area contributed by atoms with Crippen LogP contribution in [0.1, 0.15) is 201 Å². The molecule has 1 amide bonds. The number of nitrogens with one attached hydrogen (secondary N) is 1. The van der Waals surface area contributed by atoms with Gasteiger partial charge in [0.2, 0.25) is 0 Å². The van der Waals surface area contributed by atoms with Crippen molar-refractivity contribution < 1.29 is 38.4 Å². The monoisotopic (exact) mass is 823 g/mol. The number of rotatable bonds is 41. The van der Waals surface area contributed by atoms with E-state index in [1.807, 2.05) is 21.0 Å². The Morgan fingerprint density at radius 1 is 0.621 bits per heavy atom. The van der Waals surface area contributed by atoms with E-state index >= 15 is 0 Å². The van der Waals surface area contributed by atoms with Gasteiger partial charge in [0, 0.05) is 26.2 Å². The van der Waals surface area contributed by atoms with Gasteiger partial charge in [0.1, 0.15) is 0 Å². The fourth-order valence-corrected chi connectivity index (χ4v) is 6.61. The molecule has 0 aliphatic carbocycles. The molecule has 0 aromatic heterocycles. The Labute approximate surface area is 356 Å². The zero-order valence-corrected chi connectivity index (χ0v) is 38.4. The predicted molar refractivity (Wildman–Crippen MR) is 238 cm³/mol. The standard InChI is InChI=1S/C48H90N2O8/c1-7-10-13-16-19-20-21-22-23-24-25-26-27-30-34-44(41-43(4)42-56-48(53)49-37-33-38-50(5)6)47(52)58-57-45(51)35-36-46(54-39-31-28-17-14-11-8-2)55-40-32-29-18-15-12-9-3/h19-20,22-23,43-44,46H,7-18,21,24-42H2,1-6H3,(H,49,53). The van der Waals surface area contributed by atoms with Gasteiger partial charge < -0.3 is 24.4 Å². The smallest absolute Gasteiger partial charge is 0.407 e. The van der Waals surface area contributed by atoms with Crippen LogP contribution >= 0.6 is 0 Å². The van der Waals surface area contributed by atoms with Crippen LogP contribution in [-0.4, -0.2) is 76.2 Å². The van der Waals surface area contributed by atoms with Crippen LogP contribution in [0.3, 0.4) is 0 Å². The molecular formula is C48H90N2O8. The molecular weight excluding hydrogens is 733 g/mol. The number of allylic oxidation sites excluding steroid dienone is 4. The van der Waals surface area contributed by atoms with Crippen molar-refractivity contribution in [3.63, 3.8) is 0 Å². The van der Waals surface area contributed by atoms with E-state index in [4.69, 9.17) is 24.0 Å². The second-order valence-corrected chi connectivity index (χ2v) is 16.5. The lowest BCUT2D eigenvalue weighted by molar-refractivity contribution is -0.263. The molecule has 0 spiro atoms. The van der Waals surface area contributed by atoms with Crippen molar-refractivity contribution in [3.05, 3.63) is 24.3 Å². The molecule has 58 heavy (non-hydrogen) atoms. The highest BCUT2D eigenvalue weighted by atomic mass is 17.2. The van der Waals surface area contributed by atoms with Gasteiger partial charge in [-0.15, -0.1) is 0 Å². The number of unbranched alkanes of at least 4 members (excludes halogenated alkanes) is 17. The van der Waals surface area contributed by atoms with Crippen molar-refractivity contribution >= 4 is 18.0 Å². The van der Waals surface area contributed by atoms with Crippen molar-refractivity contribution in [2.24, 2.45) is 11.8 Å². The average molecular weight is 823 g/mol. The largest absolute Gasteiger partial charge is 0.449 e. The second-order valence-electron chi connectivity index (χ2n) is 16.5. The minimum absolute atomic E-state index is 0.0210. The molecule has 0 radical (unpaired) electrons. The van der Waals surface area contributed by atoms with E-state index in [-0.39, 0.29) is 18.9 Å². The Balaban J connectivity index is 4.97. The van der Waals surface area contributed by atoms with Gasteiger partial charge in [-0.25, -0.2) is 24.2 Å². The van der Waals surface area contributed by atoms with Gasteiger partial charge in [-0.05, 0) is 90.8 Å². The topological polar surface area (TPSA) is 113 Å². The number of hydrogen-bond acceptors (Lipinski definition) is 9. The van der Waals surface area contributed by atoms with Gasteiger partial charge in [0.15, 0.2) is 6.29 Å². The molecule has 0 saturated heterocycles. The lowest BCUT2D eigenvalue weighted by Gasteiger charge is -2.20. The summed E-state index contributed by atoms with van der Waals surface area (Å²) in [6.07, 6.45) is 35.4. The van der Waals surface area contributed by atoms with Crippen LogP contribution in [0.4, 0.5) is 4.79 Å². The number of hydrogen-bond donors (Lipinski definition) is 1. The highest BCUT2D eigenvalue weighted by Gasteiger charge is 2.26. The summed E-state index contributed by atoms with van der Waals surface area (Å²) >= 11 is 0. The van der Waals surface area contributed by atoms with E-state index in [9.17, 15) is 14.4 Å². The van der Waals surface area contributed by atoms with Crippen LogP contribution in [0.15, 0.2) is 24.3 Å². The van der Waals surface area contributed by atoms with Crippen LogP contribution in [0.2, 0.25) is 0 Å². The van der Waals surface area contributed by atoms with Gasteiger partial charge in [-0.1, -0.05) is 148 Å². The van der Waals surface area contributed by atoms with Crippen LogP contribution in [0.25, 0.3) is 0 Å². The average Bonchev–Trinajstić information content (AvgIpc) is 3.21. The van der Waals surface area contributed by atoms with Crippen LogP contribution in [0, 0.1) is 11.8 Å². The Hall–Kier alpha value is -2.43. The quantitative estimate of drug-likeness (QED) is 0.0212. The first-order valence-corrected chi connectivity index (χ1v) is 23.7. The van der Waals surface area contributed by atoms with E-state index in [2.05, 4.69) is 55.3 Å². The molecule has 0 aliphatic heterocycles. The number of carbonyl (C=O) groups is 3. The summed E-state index contributed by atoms with van der Waals surface area (Å²) in [5.41, 5.74) is 0. The summed E-state index contributed by atoms with van der Waals surface area (Å²) in [5.74, 6) is -1.74. The highest BCUT2D eigenvalue weighted by Crippen LogP contribution is 2.22. The molecule has 0 saturated carbocycles. The van der Waals surface area contributed by atoms with Crippen molar-refractivity contribution in [2.45, 2.75) is 207 Å². The molecule has 0 aliphatic rings. The van der Waals surface area contributed by atoms with Crippen LogP contribution in [0.5, 0.6) is 0 Å². The van der Waals surface area contributed by atoms with Gasteiger partial charge in [0.25, 0.3) is 0 Å². The van der Waals surface area contributed by atoms with Gasteiger partial charge in [0.05, 0.1) is 18.9 Å². The van der Waals surface area contributed by atoms with Crippen LogP contribution < -0.4 is 5.32 Å². The maximum Gasteiger partial charge on any atom is 0.407 e. The van der Waals surface area contributed by atoms with E-state index < -0.39 is 30.2 Å². The summed E-state index contributed by atoms with van der Waals surface area (Å²) in [7, 11) is 3.99. The first-order valence-electron chi connectivity index (χ1n) is 23.7. The minimum atomic E-state index is -0.620. The Kier molecular flexibility index (Phi) is 40.9. The highest BCUT2D eigenvalue weighted by molar-refractivity contribution is 5.74. The van der Waals surface area contributed by atoms with Crippen molar-refractivity contribution in [2.75, 3.05) is 47.0 Å². The van der Waals surface area contributed by atoms with E-state index in [0.717, 1.165) is 77.2 Å². The van der Waals surface area contributed by atoms with Gasteiger partial charge >= 0.3 is 18.0 Å². The zero-order valence-electron chi connectivity index (χ0n) is 38.4. The summed E-state index contributed by atoms with van der Waals surface area (Å²) in [4.78, 5) is 50.6. The molecule has 0 heterocycles. The molecule has 2 atom stereocenters. The SMILES string of the molecule is CCCCCC=CCC=CCCCCCCC(CC(C)COC(=O)NCCCN(C)C)C(=O)OOC(=O)CCC(OCCCCCCCC)OCCCCCCCC. The summed E-state index contributed by atoms with van der Waals surface area (Å²) < 4.78 is 17.6. The molecule has 0 rings (SSSR count). The third-order valence-corrected chi connectivity index (χ3v) is 10.2. The van der Waals surface area contributed by atoms with Crippen LogP contribution in [-0.2, 0) is 33.6 Å². The predicted octanol–water partition coefficient (Wildman–Crippen LogP) is 12.6. The molecule has 10 nitrogen and oxygen atoms in total. The summed E-state index contributed by atoms with van der Waals surface area (Å²) in [6.45, 7) is 11.4. The number of amides is 1. The first-order chi connectivity index (χ1) is 28.2. The van der Waals surface area contributed by atoms with Crippen molar-refractivity contribution in [1.82, 2.24) is 10.2 Å². The third-order valence-electron chi connectivity index (χ3n) is 10.2. The van der Waals surface area contributed by atoms with Gasteiger partial charge in [-0.3, -0.25) is 0 Å². The number of nitrogens with zero attached hydrogens (tertiary/aromatic N) is 1. The Morgan fingerprint density at radius 3 is 1.76 bits per heavy atom. The Bertz CT molecular complexity index is 986. The van der Waals surface area contributed by atoms with Crippen molar-refractivity contribution in [1.29, 1.82) is 0 Å². The Morgan fingerprint density at radius 2 is 1.16 bits per heavy atom. The molecule has 0 fully saturated rings. The summed E-state index contributed by atoms with van der Waals surface area (Å²) in [6, 6.07) is 0. The normalized spacial score (nSPS) is 12.8. The fraction of sp³-hybridized carbons (Fsp3) is 0.854. The molecule has 0 aromatic carbocycles. The molecule has 0 bridgehead atoms. The number of alkyl carbamates (subject to hydrolysis) is 1. The van der Waals surface area contributed by atoms with E-state index in [0.29, 0.717) is 39.0 Å². The van der Waals surface area contributed by atoms with E-state index in [1.54, 1.807) is 0 Å². The summed E-state index contributed by atoms with van der Waals surface area (Å²) in [5, 5.41) is 2.79. The second kappa shape index (κ2) is 42.7. The van der Waals surface area contributed by atoms with Gasteiger partial charge in [-0.2, -0.15) is 0 Å². The third kappa shape index (κ3) is 39.1. The molecule has 10 heteroatoms. The van der Waals surface area contributed by atoms with E-state index in [1.165, 1.54) is 77.0 Å². The molecule has 340 valence electrons. The lowest BCUT2D eigenvalue weighted by Crippen LogP contribution is -2.29. The number of ether oxygens (including phenoxy) is 3. The zero-order chi connectivity index (χ0) is 42.7. The maximum atomic E-state index is 13.3. The number of carbonyl (C=O) groups excluding carboxylic acids is 3. The first kappa shape index (κ1) is 55.6. The minimum Gasteiger partial charge on any atom is -0.449 e. The fourth-order valence-electron chi connectivity index (χ4n) is 6.61.